The Morgan fingerprint density at radius 1 is 1.18 bits per heavy atom. The molecule has 2 N–H and O–H groups in total. The summed E-state index contributed by atoms with van der Waals surface area (Å²) in [6, 6.07) is 7.26. The van der Waals surface area contributed by atoms with Crippen LogP contribution in [0.4, 0.5) is 5.00 Å². The third kappa shape index (κ3) is 6.79. The Morgan fingerprint density at radius 3 is 2.55 bits per heavy atom. The minimum Gasteiger partial charge on any atom is -0.465 e. The van der Waals surface area contributed by atoms with E-state index in [1.54, 1.807) is 17.0 Å². The van der Waals surface area contributed by atoms with Crippen LogP contribution >= 0.6 is 22.9 Å². The number of methoxy groups -OCH3 is 1. The Balaban J connectivity index is 1.59. The highest BCUT2D eigenvalue weighted by Gasteiger charge is 2.29. The van der Waals surface area contributed by atoms with E-state index in [-0.39, 0.29) is 24.9 Å². The van der Waals surface area contributed by atoms with Crippen LogP contribution in [0.25, 0.3) is 0 Å². The van der Waals surface area contributed by atoms with Crippen LogP contribution < -0.4 is 10.6 Å². The molecule has 0 aliphatic heterocycles. The van der Waals surface area contributed by atoms with Crippen molar-refractivity contribution in [3.63, 3.8) is 0 Å². The van der Waals surface area contributed by atoms with Gasteiger partial charge in [0, 0.05) is 16.4 Å². The second-order valence-electron chi connectivity index (χ2n) is 8.30. The van der Waals surface area contributed by atoms with Crippen molar-refractivity contribution in [1.29, 1.82) is 0 Å². The largest absolute Gasteiger partial charge is 0.465 e. The fourth-order valence-corrected chi connectivity index (χ4v) is 5.41. The predicted molar refractivity (Wildman–Crippen MR) is 131 cm³/mol. The van der Waals surface area contributed by atoms with Crippen LogP contribution in [0.2, 0.25) is 5.02 Å². The number of halogens is 1. The van der Waals surface area contributed by atoms with Gasteiger partial charge in [-0.15, -0.1) is 11.3 Å². The third-order valence-corrected chi connectivity index (χ3v) is 7.16. The molecule has 2 amide bonds. The number of hydrogen-bond acceptors (Lipinski definition) is 6. The summed E-state index contributed by atoms with van der Waals surface area (Å²) in [6.45, 7) is 5.15. The number of likely N-dealkylation sites (N-methyl/N-ethyl adjacent to an activating group) is 1. The van der Waals surface area contributed by atoms with Gasteiger partial charge in [-0.1, -0.05) is 37.6 Å². The van der Waals surface area contributed by atoms with Crippen molar-refractivity contribution in [2.45, 2.75) is 39.7 Å². The number of rotatable bonds is 9. The van der Waals surface area contributed by atoms with Crippen LogP contribution in [0.5, 0.6) is 0 Å². The van der Waals surface area contributed by atoms with Crippen LogP contribution in [0, 0.1) is 5.92 Å². The van der Waals surface area contributed by atoms with Gasteiger partial charge >= 0.3 is 5.97 Å². The lowest BCUT2D eigenvalue weighted by atomic mass is 9.88. The molecule has 0 saturated carbocycles. The van der Waals surface area contributed by atoms with E-state index in [9.17, 15) is 14.4 Å². The molecule has 0 saturated heterocycles. The summed E-state index contributed by atoms with van der Waals surface area (Å²) in [4.78, 5) is 40.5. The number of ether oxygens (including phenoxy) is 1. The molecule has 33 heavy (non-hydrogen) atoms. The molecule has 7 nitrogen and oxygen atoms in total. The lowest BCUT2D eigenvalue weighted by Gasteiger charge is -2.19. The fourth-order valence-electron chi connectivity index (χ4n) is 3.87. The van der Waals surface area contributed by atoms with E-state index in [1.807, 2.05) is 19.1 Å². The van der Waals surface area contributed by atoms with Gasteiger partial charge in [-0.2, -0.15) is 0 Å². The van der Waals surface area contributed by atoms with Crippen molar-refractivity contribution in [2.24, 2.45) is 5.92 Å². The molecule has 1 aromatic carbocycles. The molecule has 1 atom stereocenters. The topological polar surface area (TPSA) is 87.7 Å². The number of amides is 2. The van der Waals surface area contributed by atoms with Gasteiger partial charge in [0.2, 0.25) is 11.8 Å². The zero-order valence-electron chi connectivity index (χ0n) is 19.2. The average molecular weight is 492 g/mol. The number of nitrogens with zero attached hydrogens (tertiary/aromatic N) is 1. The number of carbonyl (C=O) groups is 3. The summed E-state index contributed by atoms with van der Waals surface area (Å²) in [6.07, 6.45) is 2.72. The van der Waals surface area contributed by atoms with Gasteiger partial charge in [0.15, 0.2) is 0 Å². The molecule has 0 fully saturated rings. The molecule has 0 radical (unpaired) electrons. The summed E-state index contributed by atoms with van der Waals surface area (Å²) < 4.78 is 4.98. The number of carbonyl (C=O) groups excluding carboxylic acids is 3. The molecular formula is C24H30ClN3O4S. The molecule has 3 rings (SSSR count). The molecule has 9 heteroatoms. The molecule has 1 heterocycles. The maximum atomic E-state index is 12.8. The highest BCUT2D eigenvalue weighted by molar-refractivity contribution is 7.17. The van der Waals surface area contributed by atoms with Crippen LogP contribution in [0.15, 0.2) is 24.3 Å². The van der Waals surface area contributed by atoms with Crippen molar-refractivity contribution in [3.8, 4) is 0 Å². The normalized spacial score (nSPS) is 15.1. The minimum atomic E-state index is -0.425. The summed E-state index contributed by atoms with van der Waals surface area (Å²) in [7, 11) is 1.35. The fraction of sp³-hybridized carbons (Fsp3) is 0.458. The van der Waals surface area contributed by atoms with Gasteiger partial charge in [-0.05, 0) is 55.0 Å². The molecule has 1 aliphatic carbocycles. The summed E-state index contributed by atoms with van der Waals surface area (Å²) in [5.74, 6) is -0.312. The maximum absolute atomic E-state index is 12.8. The van der Waals surface area contributed by atoms with Crippen LogP contribution in [-0.4, -0.2) is 49.4 Å². The standard InChI is InChI=1S/C24H30ClN3O4S/c1-4-28(13-20(29)26-12-16-6-8-17(25)9-7-16)14-21(30)27-23-22(24(31)32-3)18-10-5-15(2)11-19(18)33-23/h6-9,15H,4-5,10-14H2,1-3H3,(H,26,29)(H,27,30)/t15-/m1/s1. The number of hydrogen-bond donors (Lipinski definition) is 2. The number of thiophene rings is 1. The molecule has 2 aromatic rings. The number of nitrogens with one attached hydrogen (secondary N) is 2. The van der Waals surface area contributed by atoms with Gasteiger partial charge in [-0.3, -0.25) is 14.5 Å². The number of anilines is 1. The Morgan fingerprint density at radius 2 is 1.88 bits per heavy atom. The number of fused-ring (bicyclic) bond motifs is 1. The van der Waals surface area contributed by atoms with E-state index in [0.717, 1.165) is 35.3 Å². The molecule has 0 unspecified atom stereocenters. The predicted octanol–water partition coefficient (Wildman–Crippen LogP) is 3.89. The summed E-state index contributed by atoms with van der Waals surface area (Å²) in [5.41, 5.74) is 2.41. The Bertz CT molecular complexity index is 1010. The molecule has 0 spiro atoms. The lowest BCUT2D eigenvalue weighted by Crippen LogP contribution is -2.40. The first kappa shape index (κ1) is 25.2. The zero-order valence-corrected chi connectivity index (χ0v) is 20.8. The highest BCUT2D eigenvalue weighted by atomic mass is 35.5. The first-order chi connectivity index (χ1) is 15.8. The van der Waals surface area contributed by atoms with E-state index in [0.29, 0.717) is 34.6 Å². The van der Waals surface area contributed by atoms with Crippen molar-refractivity contribution >= 4 is 45.7 Å². The van der Waals surface area contributed by atoms with E-state index >= 15 is 0 Å². The van der Waals surface area contributed by atoms with Gasteiger partial charge in [0.25, 0.3) is 0 Å². The maximum Gasteiger partial charge on any atom is 0.341 e. The summed E-state index contributed by atoms with van der Waals surface area (Å²) in [5, 5.41) is 6.93. The molecule has 178 valence electrons. The van der Waals surface area contributed by atoms with E-state index in [1.165, 1.54) is 18.4 Å². The van der Waals surface area contributed by atoms with Crippen molar-refractivity contribution in [1.82, 2.24) is 10.2 Å². The number of benzene rings is 1. The van der Waals surface area contributed by atoms with Gasteiger partial charge in [0.05, 0.1) is 25.8 Å². The monoisotopic (exact) mass is 491 g/mol. The summed E-state index contributed by atoms with van der Waals surface area (Å²) >= 11 is 7.34. The molecular weight excluding hydrogens is 462 g/mol. The first-order valence-corrected chi connectivity index (χ1v) is 12.3. The quantitative estimate of drug-likeness (QED) is 0.519. The minimum absolute atomic E-state index is 0.0461. The Labute approximate surface area is 203 Å². The first-order valence-electron chi connectivity index (χ1n) is 11.1. The second-order valence-corrected chi connectivity index (χ2v) is 9.84. The SMILES string of the molecule is CCN(CC(=O)NCc1ccc(Cl)cc1)CC(=O)Nc1sc2c(c1C(=O)OC)CC[C@@H](C)C2. The van der Waals surface area contributed by atoms with E-state index in [4.69, 9.17) is 16.3 Å². The van der Waals surface area contributed by atoms with Crippen LogP contribution in [-0.2, 0) is 33.7 Å². The third-order valence-electron chi connectivity index (χ3n) is 5.74. The lowest BCUT2D eigenvalue weighted by molar-refractivity contribution is -0.123. The van der Waals surface area contributed by atoms with E-state index in [2.05, 4.69) is 17.6 Å². The van der Waals surface area contributed by atoms with Crippen molar-refractivity contribution in [2.75, 3.05) is 32.1 Å². The average Bonchev–Trinajstić information content (AvgIpc) is 3.14. The molecule has 1 aromatic heterocycles. The Kier molecular flexibility index (Phi) is 8.88. The van der Waals surface area contributed by atoms with Gasteiger partial charge in [0.1, 0.15) is 5.00 Å². The highest BCUT2D eigenvalue weighted by Crippen LogP contribution is 2.40. The van der Waals surface area contributed by atoms with Crippen LogP contribution in [0.1, 0.15) is 46.6 Å². The molecule has 1 aliphatic rings. The smallest absolute Gasteiger partial charge is 0.341 e. The van der Waals surface area contributed by atoms with Gasteiger partial charge in [-0.25, -0.2) is 4.79 Å². The van der Waals surface area contributed by atoms with Crippen molar-refractivity contribution in [3.05, 3.63) is 50.9 Å². The number of esters is 1. The zero-order chi connectivity index (χ0) is 24.0. The molecule has 0 bridgehead atoms. The van der Waals surface area contributed by atoms with Crippen LogP contribution in [0.3, 0.4) is 0 Å². The van der Waals surface area contributed by atoms with Gasteiger partial charge < -0.3 is 15.4 Å². The van der Waals surface area contributed by atoms with Crippen molar-refractivity contribution < 1.29 is 19.1 Å². The van der Waals surface area contributed by atoms with E-state index < -0.39 is 5.97 Å². The second kappa shape index (κ2) is 11.6. The Hall–Kier alpha value is -2.42.